The lowest BCUT2D eigenvalue weighted by Crippen LogP contribution is -2.00. The Morgan fingerprint density at radius 3 is 2.56 bits per heavy atom. The van der Waals surface area contributed by atoms with E-state index in [4.69, 9.17) is 4.42 Å². The maximum Gasteiger partial charge on any atom is 0.374 e. The van der Waals surface area contributed by atoms with E-state index in [0.29, 0.717) is 10.9 Å². The van der Waals surface area contributed by atoms with E-state index in [1.165, 1.54) is 20.1 Å². The van der Waals surface area contributed by atoms with Gasteiger partial charge in [-0.25, -0.2) is 4.79 Å². The molecule has 0 radical (unpaired) electrons. The van der Waals surface area contributed by atoms with Crippen LogP contribution in [-0.4, -0.2) is 24.0 Å². The third kappa shape index (κ3) is 1.64. The molecule has 0 fully saturated rings. The molecule has 1 aromatic heterocycles. The molecule has 1 heterocycles. The second-order valence-electron chi connectivity index (χ2n) is 3.94. The van der Waals surface area contributed by atoms with Crippen LogP contribution in [0.4, 0.5) is 0 Å². The standard InChI is InChI=1S/C13H12O5/c1-6-8-4-5-9(15)10(7(2)14)12(8)18-11(6)13(16)17-3/h4-5,15H,1-3H3. The van der Waals surface area contributed by atoms with Crippen LogP contribution in [-0.2, 0) is 4.74 Å². The van der Waals surface area contributed by atoms with E-state index >= 15 is 0 Å². The highest BCUT2D eigenvalue weighted by Gasteiger charge is 2.22. The number of ether oxygens (including phenoxy) is 1. The molecule has 0 aliphatic heterocycles. The van der Waals surface area contributed by atoms with Gasteiger partial charge in [-0.05, 0) is 26.0 Å². The Hall–Kier alpha value is -2.30. The maximum atomic E-state index is 11.5. The van der Waals surface area contributed by atoms with Gasteiger partial charge in [0.25, 0.3) is 0 Å². The number of aromatic hydroxyl groups is 1. The number of ketones is 1. The summed E-state index contributed by atoms with van der Waals surface area (Å²) in [6, 6.07) is 3.00. The van der Waals surface area contributed by atoms with Crippen LogP contribution < -0.4 is 0 Å². The number of rotatable bonds is 2. The van der Waals surface area contributed by atoms with Gasteiger partial charge in [-0.1, -0.05) is 0 Å². The maximum absolute atomic E-state index is 11.5. The number of fused-ring (bicyclic) bond motifs is 1. The van der Waals surface area contributed by atoms with E-state index < -0.39 is 5.97 Å². The number of aryl methyl sites for hydroxylation is 1. The number of hydrogen-bond donors (Lipinski definition) is 1. The van der Waals surface area contributed by atoms with Crippen LogP contribution in [0.25, 0.3) is 11.0 Å². The first-order valence-corrected chi connectivity index (χ1v) is 5.31. The van der Waals surface area contributed by atoms with Crippen molar-refractivity contribution in [3.63, 3.8) is 0 Å². The van der Waals surface area contributed by atoms with Crippen LogP contribution in [0.3, 0.4) is 0 Å². The van der Waals surface area contributed by atoms with E-state index in [1.807, 2.05) is 0 Å². The zero-order chi connectivity index (χ0) is 13.4. The molecule has 5 nitrogen and oxygen atoms in total. The molecule has 1 aromatic carbocycles. The molecule has 5 heteroatoms. The second kappa shape index (κ2) is 4.18. The minimum absolute atomic E-state index is 0.0422. The number of carbonyl (C=O) groups is 2. The van der Waals surface area contributed by atoms with E-state index in [9.17, 15) is 14.7 Å². The zero-order valence-electron chi connectivity index (χ0n) is 10.2. The quantitative estimate of drug-likeness (QED) is 0.652. The third-order valence-corrected chi connectivity index (χ3v) is 2.81. The van der Waals surface area contributed by atoms with Crippen LogP contribution in [0.1, 0.15) is 33.4 Å². The van der Waals surface area contributed by atoms with Gasteiger partial charge in [0.15, 0.2) is 5.78 Å². The number of Topliss-reactive ketones (excluding diaryl/α,β-unsaturated/α-hetero) is 1. The lowest BCUT2D eigenvalue weighted by atomic mass is 10.1. The summed E-state index contributed by atoms with van der Waals surface area (Å²) in [6.07, 6.45) is 0. The van der Waals surface area contributed by atoms with Crippen LogP contribution in [0, 0.1) is 6.92 Å². The fourth-order valence-electron chi connectivity index (χ4n) is 1.90. The predicted octanol–water partition coefficient (Wildman–Crippen LogP) is 2.44. The zero-order valence-corrected chi connectivity index (χ0v) is 10.2. The lowest BCUT2D eigenvalue weighted by Gasteiger charge is -2.00. The highest BCUT2D eigenvalue weighted by molar-refractivity contribution is 6.09. The van der Waals surface area contributed by atoms with Gasteiger partial charge in [0.1, 0.15) is 16.9 Å². The summed E-state index contributed by atoms with van der Waals surface area (Å²) in [4.78, 5) is 23.0. The largest absolute Gasteiger partial charge is 0.507 e. The SMILES string of the molecule is COC(=O)c1oc2c(C(C)=O)c(O)ccc2c1C. The second-order valence-corrected chi connectivity index (χ2v) is 3.94. The Kier molecular flexibility index (Phi) is 2.82. The van der Waals surface area contributed by atoms with Crippen LogP contribution in [0.2, 0.25) is 0 Å². The summed E-state index contributed by atoms with van der Waals surface area (Å²) in [5.41, 5.74) is 0.866. The van der Waals surface area contributed by atoms with Crippen molar-refractivity contribution in [3.8, 4) is 5.75 Å². The number of methoxy groups -OCH3 is 1. The Bertz CT molecular complexity index is 651. The van der Waals surface area contributed by atoms with Crippen molar-refractivity contribution in [2.75, 3.05) is 7.11 Å². The molecule has 18 heavy (non-hydrogen) atoms. The van der Waals surface area contributed by atoms with Gasteiger partial charge < -0.3 is 14.3 Å². The smallest absolute Gasteiger partial charge is 0.374 e. The summed E-state index contributed by atoms with van der Waals surface area (Å²) < 4.78 is 9.97. The van der Waals surface area contributed by atoms with Crippen LogP contribution in [0.15, 0.2) is 16.5 Å². The highest BCUT2D eigenvalue weighted by Crippen LogP contribution is 2.33. The number of esters is 1. The fourth-order valence-corrected chi connectivity index (χ4v) is 1.90. The lowest BCUT2D eigenvalue weighted by molar-refractivity contribution is 0.0566. The summed E-state index contributed by atoms with van der Waals surface area (Å²) >= 11 is 0. The molecule has 0 amide bonds. The number of furan rings is 1. The molecule has 0 saturated carbocycles. The normalized spacial score (nSPS) is 10.6. The van der Waals surface area contributed by atoms with Gasteiger partial charge >= 0.3 is 5.97 Å². The average Bonchev–Trinajstić information content (AvgIpc) is 2.65. The predicted molar refractivity (Wildman–Crippen MR) is 64.0 cm³/mol. The molecule has 2 rings (SSSR count). The molecule has 0 unspecified atom stereocenters. The minimum atomic E-state index is -0.613. The summed E-state index contributed by atoms with van der Waals surface area (Å²) in [6.45, 7) is 3.02. The first kappa shape index (κ1) is 12.2. The number of benzene rings is 1. The topological polar surface area (TPSA) is 76.7 Å². The van der Waals surface area contributed by atoms with Gasteiger partial charge in [-0.2, -0.15) is 0 Å². The van der Waals surface area contributed by atoms with E-state index in [0.717, 1.165) is 0 Å². The molecule has 0 spiro atoms. The van der Waals surface area contributed by atoms with Gasteiger partial charge in [0, 0.05) is 10.9 Å². The first-order valence-electron chi connectivity index (χ1n) is 5.31. The van der Waals surface area contributed by atoms with E-state index in [2.05, 4.69) is 4.74 Å². The Balaban J connectivity index is 2.84. The van der Waals surface area contributed by atoms with E-state index in [1.54, 1.807) is 13.0 Å². The molecule has 94 valence electrons. The molecule has 0 saturated heterocycles. The summed E-state index contributed by atoms with van der Waals surface area (Å²) in [7, 11) is 1.25. The third-order valence-electron chi connectivity index (χ3n) is 2.81. The minimum Gasteiger partial charge on any atom is -0.507 e. The fraction of sp³-hybridized carbons (Fsp3) is 0.231. The van der Waals surface area contributed by atoms with Crippen molar-refractivity contribution in [1.29, 1.82) is 0 Å². The number of phenols is 1. The van der Waals surface area contributed by atoms with Crippen LogP contribution >= 0.6 is 0 Å². The van der Waals surface area contributed by atoms with Gasteiger partial charge in [-0.3, -0.25) is 4.79 Å². The van der Waals surface area contributed by atoms with Gasteiger partial charge in [0.05, 0.1) is 7.11 Å². The van der Waals surface area contributed by atoms with Crippen LogP contribution in [0.5, 0.6) is 5.75 Å². The Morgan fingerprint density at radius 2 is 2.00 bits per heavy atom. The van der Waals surface area contributed by atoms with Gasteiger partial charge in [0.2, 0.25) is 5.76 Å². The van der Waals surface area contributed by atoms with Crippen molar-refractivity contribution in [2.45, 2.75) is 13.8 Å². The summed E-state index contributed by atoms with van der Waals surface area (Å²) in [5.74, 6) is -1.07. The van der Waals surface area contributed by atoms with Gasteiger partial charge in [-0.15, -0.1) is 0 Å². The molecule has 2 aromatic rings. The average molecular weight is 248 g/mol. The monoisotopic (exact) mass is 248 g/mol. The molecule has 0 bridgehead atoms. The van der Waals surface area contributed by atoms with E-state index in [-0.39, 0.29) is 28.4 Å². The molecule has 0 aliphatic rings. The first-order chi connectivity index (χ1) is 8.47. The summed E-state index contributed by atoms with van der Waals surface area (Å²) in [5, 5.41) is 10.3. The molecule has 0 atom stereocenters. The Morgan fingerprint density at radius 1 is 1.33 bits per heavy atom. The van der Waals surface area contributed by atoms with Crippen molar-refractivity contribution in [3.05, 3.63) is 29.0 Å². The molecule has 1 N–H and O–H groups in total. The molecular formula is C13H12O5. The highest BCUT2D eigenvalue weighted by atomic mass is 16.5. The molecule has 0 aliphatic carbocycles. The number of carbonyl (C=O) groups excluding carboxylic acids is 2. The van der Waals surface area contributed by atoms with Crippen molar-refractivity contribution < 1.29 is 23.8 Å². The van der Waals surface area contributed by atoms with Crippen molar-refractivity contribution in [2.24, 2.45) is 0 Å². The number of hydrogen-bond acceptors (Lipinski definition) is 5. The Labute approximate surface area is 103 Å². The van der Waals surface area contributed by atoms with Crippen molar-refractivity contribution >= 4 is 22.7 Å². The van der Waals surface area contributed by atoms with Crippen molar-refractivity contribution in [1.82, 2.24) is 0 Å². The molecular weight excluding hydrogens is 236 g/mol. The number of phenolic OH excluding ortho intramolecular Hbond substituents is 1.